The molecule has 0 saturated carbocycles. The highest BCUT2D eigenvalue weighted by Crippen LogP contribution is 2.24. The average Bonchev–Trinajstić information content (AvgIpc) is 2.48. The smallest absolute Gasteiger partial charge is 0.192 e. The second-order valence-electron chi connectivity index (χ2n) is 5.20. The summed E-state index contributed by atoms with van der Waals surface area (Å²) in [6, 6.07) is 3.45. The van der Waals surface area contributed by atoms with Crippen molar-refractivity contribution in [3.63, 3.8) is 0 Å². The van der Waals surface area contributed by atoms with E-state index in [1.807, 2.05) is 0 Å². The highest BCUT2D eigenvalue weighted by atomic mass is 35.5. The van der Waals surface area contributed by atoms with Crippen LogP contribution in [0.2, 0.25) is 0 Å². The monoisotopic (exact) mass is 297 g/mol. The lowest BCUT2D eigenvalue weighted by Crippen LogP contribution is -2.37. The minimum atomic E-state index is -0.944. The van der Waals surface area contributed by atoms with Crippen molar-refractivity contribution < 1.29 is 5.11 Å². The van der Waals surface area contributed by atoms with E-state index in [9.17, 15) is 10.0 Å². The van der Waals surface area contributed by atoms with Crippen molar-refractivity contribution in [2.24, 2.45) is 5.18 Å². The summed E-state index contributed by atoms with van der Waals surface area (Å²) >= 11 is 5.86. The Morgan fingerprint density at radius 3 is 2.85 bits per heavy atom. The van der Waals surface area contributed by atoms with E-state index in [2.05, 4.69) is 15.1 Å². The van der Waals surface area contributed by atoms with Gasteiger partial charge in [0.1, 0.15) is 0 Å². The van der Waals surface area contributed by atoms with E-state index >= 15 is 0 Å². The van der Waals surface area contributed by atoms with E-state index in [-0.39, 0.29) is 0 Å². The van der Waals surface area contributed by atoms with Gasteiger partial charge in [-0.05, 0) is 37.2 Å². The molecule has 2 atom stereocenters. The molecule has 0 radical (unpaired) electrons. The van der Waals surface area contributed by atoms with Gasteiger partial charge in [-0.25, -0.2) is 0 Å². The molecule has 0 aliphatic carbocycles. The molecule has 1 saturated heterocycles. The molecule has 5 nitrogen and oxygen atoms in total. The quantitative estimate of drug-likeness (QED) is 0.498. The Bertz CT molecular complexity index is 438. The normalized spacial score (nSPS) is 19.5. The summed E-state index contributed by atoms with van der Waals surface area (Å²) in [5, 5.41) is 13.0. The second-order valence-corrected chi connectivity index (χ2v) is 5.61. The van der Waals surface area contributed by atoms with Gasteiger partial charge in [0.25, 0.3) is 0 Å². The fraction of sp³-hybridized carbons (Fsp3) is 0.643. The molecule has 0 amide bonds. The molecule has 0 bridgehead atoms. The molecular formula is C14H20ClN3O2. The molecule has 6 heteroatoms. The van der Waals surface area contributed by atoms with E-state index < -0.39 is 11.6 Å². The molecule has 1 aliphatic heterocycles. The number of halogens is 1. The lowest BCUT2D eigenvalue weighted by atomic mass is 10.1. The molecule has 20 heavy (non-hydrogen) atoms. The summed E-state index contributed by atoms with van der Waals surface area (Å²) < 4.78 is 0. The van der Waals surface area contributed by atoms with Gasteiger partial charge in [-0.15, -0.1) is 4.91 Å². The zero-order valence-corrected chi connectivity index (χ0v) is 12.2. The van der Waals surface area contributed by atoms with Gasteiger partial charge in [-0.3, -0.25) is 4.98 Å². The predicted molar refractivity (Wildman–Crippen MR) is 78.6 cm³/mol. The topological polar surface area (TPSA) is 65.8 Å². The number of rotatable bonds is 6. The molecule has 0 aromatic carbocycles. The van der Waals surface area contributed by atoms with E-state index in [0.717, 1.165) is 13.1 Å². The van der Waals surface area contributed by atoms with Crippen LogP contribution in [0.15, 0.2) is 23.5 Å². The van der Waals surface area contributed by atoms with E-state index in [4.69, 9.17) is 11.6 Å². The first-order valence-corrected chi connectivity index (χ1v) is 7.45. The molecule has 2 heterocycles. The van der Waals surface area contributed by atoms with Crippen LogP contribution in [0.5, 0.6) is 0 Å². The number of aliphatic hydroxyl groups excluding tert-OH is 1. The summed E-state index contributed by atoms with van der Waals surface area (Å²) in [4.78, 5) is 17.1. The number of hydrogen-bond donors (Lipinski definition) is 1. The number of pyridine rings is 1. The van der Waals surface area contributed by atoms with Crippen LogP contribution in [0.1, 0.15) is 36.0 Å². The number of hydrogen-bond acceptors (Lipinski definition) is 5. The summed E-state index contributed by atoms with van der Waals surface area (Å²) in [5.41, 5.74) is 0.291. The van der Waals surface area contributed by atoms with Crippen LogP contribution in [0.3, 0.4) is 0 Å². The SMILES string of the molecule is O=NC(Cl)c1cccnc1CC(O)CN1CCCCC1. The van der Waals surface area contributed by atoms with Crippen molar-refractivity contribution in [3.8, 4) is 0 Å². The van der Waals surface area contributed by atoms with Gasteiger partial charge in [-0.2, -0.15) is 0 Å². The standard InChI is InChI=1S/C14H20ClN3O2/c15-14(17-20)12-5-4-6-16-13(12)9-11(19)10-18-7-2-1-3-8-18/h4-6,11,14,19H,1-3,7-10H2. The number of nitrogens with zero attached hydrogens (tertiary/aromatic N) is 3. The first-order valence-electron chi connectivity index (χ1n) is 7.01. The third kappa shape index (κ3) is 4.23. The lowest BCUT2D eigenvalue weighted by molar-refractivity contribution is 0.100. The number of alkyl halides is 1. The number of nitroso groups, excluding NO2 is 1. The van der Waals surface area contributed by atoms with Crippen molar-refractivity contribution in [2.75, 3.05) is 19.6 Å². The lowest BCUT2D eigenvalue weighted by Gasteiger charge is -2.28. The summed E-state index contributed by atoms with van der Waals surface area (Å²) in [6.45, 7) is 2.72. The Kier molecular flexibility index (Phi) is 5.88. The van der Waals surface area contributed by atoms with Crippen LogP contribution in [0.4, 0.5) is 0 Å². The number of likely N-dealkylation sites (tertiary alicyclic amines) is 1. The summed E-state index contributed by atoms with van der Waals surface area (Å²) in [6.07, 6.45) is 5.19. The van der Waals surface area contributed by atoms with Gasteiger partial charge in [0, 0.05) is 30.4 Å². The highest BCUT2D eigenvalue weighted by Gasteiger charge is 2.19. The Morgan fingerprint density at radius 2 is 2.15 bits per heavy atom. The van der Waals surface area contributed by atoms with Crippen LogP contribution < -0.4 is 0 Å². The van der Waals surface area contributed by atoms with E-state index in [0.29, 0.717) is 24.2 Å². The molecule has 1 aliphatic rings. The first-order chi connectivity index (χ1) is 9.70. The first kappa shape index (κ1) is 15.4. The van der Waals surface area contributed by atoms with Crippen LogP contribution in [-0.4, -0.2) is 40.7 Å². The average molecular weight is 298 g/mol. The zero-order chi connectivity index (χ0) is 14.4. The maximum atomic E-state index is 10.6. The molecule has 110 valence electrons. The minimum Gasteiger partial charge on any atom is -0.391 e. The van der Waals surface area contributed by atoms with Crippen molar-refractivity contribution in [2.45, 2.75) is 37.3 Å². The maximum absolute atomic E-state index is 10.6. The molecule has 1 fully saturated rings. The zero-order valence-electron chi connectivity index (χ0n) is 11.4. The van der Waals surface area contributed by atoms with Crippen LogP contribution in [0, 0.1) is 4.91 Å². The molecule has 2 unspecified atom stereocenters. The van der Waals surface area contributed by atoms with Gasteiger partial charge in [0.15, 0.2) is 5.50 Å². The van der Waals surface area contributed by atoms with Gasteiger partial charge in [-0.1, -0.05) is 24.1 Å². The third-order valence-corrected chi connectivity index (χ3v) is 3.94. The van der Waals surface area contributed by atoms with E-state index in [1.165, 1.54) is 19.3 Å². The van der Waals surface area contributed by atoms with Crippen LogP contribution in [0.25, 0.3) is 0 Å². The molecule has 1 aromatic rings. The van der Waals surface area contributed by atoms with Crippen molar-refractivity contribution in [1.82, 2.24) is 9.88 Å². The fourth-order valence-electron chi connectivity index (χ4n) is 2.62. The van der Waals surface area contributed by atoms with Crippen molar-refractivity contribution >= 4 is 11.6 Å². The van der Waals surface area contributed by atoms with Crippen LogP contribution in [-0.2, 0) is 6.42 Å². The number of aliphatic hydroxyl groups is 1. The van der Waals surface area contributed by atoms with Crippen LogP contribution >= 0.6 is 11.6 Å². The van der Waals surface area contributed by atoms with E-state index in [1.54, 1.807) is 18.3 Å². The fourth-order valence-corrected chi connectivity index (χ4v) is 2.82. The molecule has 1 N–H and O–H groups in total. The Labute approximate surface area is 123 Å². The summed E-state index contributed by atoms with van der Waals surface area (Å²) in [5.74, 6) is 0. The van der Waals surface area contributed by atoms with Gasteiger partial charge in [0.05, 0.1) is 6.10 Å². The second kappa shape index (κ2) is 7.67. The Hall–Kier alpha value is -1.04. The minimum absolute atomic E-state index is 0.394. The number of piperidine rings is 1. The molecular weight excluding hydrogens is 278 g/mol. The number of aromatic nitrogens is 1. The maximum Gasteiger partial charge on any atom is 0.192 e. The Balaban J connectivity index is 1.96. The Morgan fingerprint density at radius 1 is 1.40 bits per heavy atom. The third-order valence-electron chi connectivity index (χ3n) is 3.62. The van der Waals surface area contributed by atoms with Gasteiger partial charge >= 0.3 is 0 Å². The van der Waals surface area contributed by atoms with Crippen molar-refractivity contribution in [1.29, 1.82) is 0 Å². The number of β-amino-alcohol motifs (C(OH)–C–C–N with tert-alkyl or cyclic N) is 1. The molecule has 1 aromatic heterocycles. The highest BCUT2D eigenvalue weighted by molar-refractivity contribution is 6.20. The predicted octanol–water partition coefficient (Wildman–Crippen LogP) is 2.47. The van der Waals surface area contributed by atoms with Gasteiger partial charge in [0.2, 0.25) is 0 Å². The molecule has 2 rings (SSSR count). The largest absolute Gasteiger partial charge is 0.391 e. The van der Waals surface area contributed by atoms with Crippen molar-refractivity contribution in [3.05, 3.63) is 34.5 Å². The van der Waals surface area contributed by atoms with Gasteiger partial charge < -0.3 is 10.0 Å². The summed E-state index contributed by atoms with van der Waals surface area (Å²) in [7, 11) is 0. The molecule has 0 spiro atoms.